The molecule has 1 rings (SSSR count). The van der Waals surface area contributed by atoms with Gasteiger partial charge in [0, 0.05) is 11.1 Å². The van der Waals surface area contributed by atoms with Gasteiger partial charge < -0.3 is 9.22 Å². The standard InChI is InChI=1S/C29H50NO2/c1-6-9-10-11-12-13-14-15-16-17-18-27-19-21-28(22-20-27)25-30(7-2,8-3)23-24-32-29(31)26(4)5/h19-22H,4,6-18,23-25H2,1-3,5H3/q+1. The quantitative estimate of drug-likeness (QED) is 0.0949. The highest BCUT2D eigenvalue weighted by molar-refractivity contribution is 5.86. The minimum atomic E-state index is -0.286. The summed E-state index contributed by atoms with van der Waals surface area (Å²) < 4.78 is 6.30. The number of carbonyl (C=O) groups is 1. The van der Waals surface area contributed by atoms with Crippen LogP contribution >= 0.6 is 0 Å². The summed E-state index contributed by atoms with van der Waals surface area (Å²) in [7, 11) is 0. The van der Waals surface area contributed by atoms with Crippen LogP contribution in [0.4, 0.5) is 0 Å². The van der Waals surface area contributed by atoms with E-state index in [0.717, 1.165) is 30.7 Å². The number of rotatable bonds is 19. The van der Waals surface area contributed by atoms with Crippen LogP contribution in [-0.4, -0.2) is 36.7 Å². The van der Waals surface area contributed by atoms with Gasteiger partial charge in [0.1, 0.15) is 19.7 Å². The number of aryl methyl sites for hydroxylation is 1. The molecule has 0 aliphatic rings. The Balaban J connectivity index is 2.33. The van der Waals surface area contributed by atoms with Crippen molar-refractivity contribution in [2.75, 3.05) is 26.2 Å². The molecule has 0 atom stereocenters. The van der Waals surface area contributed by atoms with Gasteiger partial charge in [0.05, 0.1) is 13.1 Å². The summed E-state index contributed by atoms with van der Waals surface area (Å²) in [6.45, 7) is 16.4. The van der Waals surface area contributed by atoms with E-state index < -0.39 is 0 Å². The number of hydrogen-bond acceptors (Lipinski definition) is 2. The first-order chi connectivity index (χ1) is 15.5. The van der Waals surface area contributed by atoms with Gasteiger partial charge in [-0.25, -0.2) is 4.79 Å². The van der Waals surface area contributed by atoms with Crippen LogP contribution in [0.2, 0.25) is 0 Å². The van der Waals surface area contributed by atoms with Gasteiger partial charge in [-0.1, -0.05) is 95.6 Å². The van der Waals surface area contributed by atoms with Crippen molar-refractivity contribution in [3.63, 3.8) is 0 Å². The number of hydrogen-bond donors (Lipinski definition) is 0. The van der Waals surface area contributed by atoms with Crippen molar-refractivity contribution in [3.8, 4) is 0 Å². The molecule has 0 unspecified atom stereocenters. The van der Waals surface area contributed by atoms with E-state index in [1.807, 2.05) is 0 Å². The number of nitrogens with zero attached hydrogens (tertiary/aromatic N) is 1. The third-order valence-corrected chi connectivity index (χ3v) is 6.85. The van der Waals surface area contributed by atoms with Crippen LogP contribution in [0.15, 0.2) is 36.4 Å². The molecule has 3 heteroatoms. The Morgan fingerprint density at radius 1 is 0.812 bits per heavy atom. The lowest BCUT2D eigenvalue weighted by Crippen LogP contribution is -2.49. The Bertz CT molecular complexity index is 631. The van der Waals surface area contributed by atoms with Crippen molar-refractivity contribution < 1.29 is 14.0 Å². The highest BCUT2D eigenvalue weighted by atomic mass is 16.5. The van der Waals surface area contributed by atoms with Crippen LogP contribution in [0.1, 0.15) is 103 Å². The summed E-state index contributed by atoms with van der Waals surface area (Å²) >= 11 is 0. The summed E-state index contributed by atoms with van der Waals surface area (Å²) in [5.41, 5.74) is 3.29. The monoisotopic (exact) mass is 444 g/mol. The van der Waals surface area contributed by atoms with Crippen LogP contribution in [0.3, 0.4) is 0 Å². The predicted molar refractivity (Wildman–Crippen MR) is 138 cm³/mol. The lowest BCUT2D eigenvalue weighted by atomic mass is 10.0. The third-order valence-electron chi connectivity index (χ3n) is 6.85. The van der Waals surface area contributed by atoms with Gasteiger partial charge in [-0.2, -0.15) is 0 Å². The second kappa shape index (κ2) is 16.9. The average Bonchev–Trinajstić information content (AvgIpc) is 2.80. The van der Waals surface area contributed by atoms with E-state index >= 15 is 0 Å². The van der Waals surface area contributed by atoms with Crippen molar-refractivity contribution in [1.29, 1.82) is 0 Å². The third kappa shape index (κ3) is 11.9. The summed E-state index contributed by atoms with van der Waals surface area (Å²) in [5, 5.41) is 0. The van der Waals surface area contributed by atoms with Gasteiger partial charge in [0.2, 0.25) is 0 Å². The largest absolute Gasteiger partial charge is 0.456 e. The lowest BCUT2D eigenvalue weighted by Gasteiger charge is -2.36. The van der Waals surface area contributed by atoms with Gasteiger partial charge in [-0.15, -0.1) is 0 Å². The lowest BCUT2D eigenvalue weighted by molar-refractivity contribution is -0.937. The first kappa shape index (κ1) is 28.4. The average molecular weight is 445 g/mol. The summed E-state index contributed by atoms with van der Waals surface area (Å²) in [5.74, 6) is -0.286. The van der Waals surface area contributed by atoms with Crippen molar-refractivity contribution in [3.05, 3.63) is 47.5 Å². The molecule has 1 aromatic carbocycles. The Labute approximate surface area is 198 Å². The fraction of sp³-hybridized carbons (Fsp3) is 0.690. The number of benzene rings is 1. The molecule has 0 aromatic heterocycles. The fourth-order valence-electron chi connectivity index (χ4n) is 4.31. The summed E-state index contributed by atoms with van der Waals surface area (Å²) in [4.78, 5) is 11.7. The normalized spacial score (nSPS) is 11.5. The van der Waals surface area contributed by atoms with E-state index in [9.17, 15) is 4.79 Å². The molecule has 0 spiro atoms. The first-order valence-corrected chi connectivity index (χ1v) is 13.2. The molecule has 0 aliphatic carbocycles. The second-order valence-electron chi connectivity index (χ2n) is 9.52. The van der Waals surface area contributed by atoms with Crippen molar-refractivity contribution in [2.45, 2.75) is 105 Å². The molecular formula is C29H50NO2+. The van der Waals surface area contributed by atoms with E-state index in [1.54, 1.807) is 6.92 Å². The smallest absolute Gasteiger partial charge is 0.333 e. The molecular weight excluding hydrogens is 394 g/mol. The number of likely N-dealkylation sites (N-methyl/N-ethyl adjacent to an activating group) is 1. The predicted octanol–water partition coefficient (Wildman–Crippen LogP) is 7.63. The highest BCUT2D eigenvalue weighted by Crippen LogP contribution is 2.17. The molecule has 0 N–H and O–H groups in total. The van der Waals surface area contributed by atoms with Gasteiger partial charge in [0.25, 0.3) is 0 Å². The maximum atomic E-state index is 11.7. The van der Waals surface area contributed by atoms with E-state index in [4.69, 9.17) is 4.74 Å². The number of ether oxygens (including phenoxy) is 1. The molecule has 0 amide bonds. The Morgan fingerprint density at radius 3 is 1.81 bits per heavy atom. The van der Waals surface area contributed by atoms with Gasteiger partial charge >= 0.3 is 5.97 Å². The molecule has 0 heterocycles. The zero-order valence-electron chi connectivity index (χ0n) is 21.6. The highest BCUT2D eigenvalue weighted by Gasteiger charge is 2.24. The van der Waals surface area contributed by atoms with E-state index in [0.29, 0.717) is 12.2 Å². The molecule has 32 heavy (non-hydrogen) atoms. The van der Waals surface area contributed by atoms with Crippen LogP contribution in [0.5, 0.6) is 0 Å². The molecule has 3 nitrogen and oxygen atoms in total. The Kier molecular flexibility index (Phi) is 15.1. The van der Waals surface area contributed by atoms with E-state index in [-0.39, 0.29) is 5.97 Å². The van der Waals surface area contributed by atoms with E-state index in [2.05, 4.69) is 51.6 Å². The van der Waals surface area contributed by atoms with Gasteiger partial charge in [-0.3, -0.25) is 0 Å². The number of quaternary nitrogens is 1. The molecule has 0 saturated carbocycles. The number of unbranched alkanes of at least 4 members (excludes halogenated alkanes) is 9. The van der Waals surface area contributed by atoms with Crippen molar-refractivity contribution in [1.82, 2.24) is 0 Å². The second-order valence-corrected chi connectivity index (χ2v) is 9.52. The minimum absolute atomic E-state index is 0.286. The molecule has 1 aromatic rings. The van der Waals surface area contributed by atoms with Gasteiger partial charge in [-0.05, 0) is 39.2 Å². The number of carbonyl (C=O) groups excluding carboxylic acids is 1. The molecule has 0 saturated heterocycles. The molecule has 0 bridgehead atoms. The summed E-state index contributed by atoms with van der Waals surface area (Å²) in [6, 6.07) is 9.21. The zero-order chi connectivity index (χ0) is 23.7. The fourth-order valence-corrected chi connectivity index (χ4v) is 4.31. The van der Waals surface area contributed by atoms with Gasteiger partial charge in [0.15, 0.2) is 0 Å². The minimum Gasteiger partial charge on any atom is -0.456 e. The summed E-state index contributed by atoms with van der Waals surface area (Å²) in [6.07, 6.45) is 15.1. The SMILES string of the molecule is C=C(C)C(=O)OCC[N+](CC)(CC)Cc1ccc(CCCCCCCCCCCC)cc1. The maximum Gasteiger partial charge on any atom is 0.333 e. The first-order valence-electron chi connectivity index (χ1n) is 13.2. The maximum absolute atomic E-state index is 11.7. The van der Waals surface area contributed by atoms with Crippen molar-refractivity contribution >= 4 is 5.97 Å². The molecule has 182 valence electrons. The Morgan fingerprint density at radius 2 is 1.31 bits per heavy atom. The van der Waals surface area contributed by atoms with E-state index in [1.165, 1.54) is 81.8 Å². The van der Waals surface area contributed by atoms with Crippen LogP contribution in [0.25, 0.3) is 0 Å². The molecule has 0 fully saturated rings. The number of esters is 1. The van der Waals surface area contributed by atoms with Crippen LogP contribution in [0, 0.1) is 0 Å². The van der Waals surface area contributed by atoms with Crippen molar-refractivity contribution in [2.24, 2.45) is 0 Å². The molecule has 0 aliphatic heterocycles. The van der Waals surface area contributed by atoms with Crippen LogP contribution in [-0.2, 0) is 22.5 Å². The molecule has 0 radical (unpaired) electrons. The zero-order valence-corrected chi connectivity index (χ0v) is 21.6. The van der Waals surface area contributed by atoms with Crippen LogP contribution < -0.4 is 0 Å². The Hall–Kier alpha value is -1.61. The topological polar surface area (TPSA) is 26.3 Å².